The van der Waals surface area contributed by atoms with Gasteiger partial charge in [-0.3, -0.25) is 9.59 Å². The number of carboxylic acid groups (broad SMARTS) is 1. The number of morpholine rings is 1. The Kier molecular flexibility index (Phi) is 4.96. The van der Waals surface area contributed by atoms with E-state index in [9.17, 15) is 9.59 Å². The summed E-state index contributed by atoms with van der Waals surface area (Å²) in [6.45, 7) is 1.02. The van der Waals surface area contributed by atoms with Crippen molar-refractivity contribution in [3.8, 4) is 5.69 Å². The number of carbonyl (C=O) groups is 2. The molecule has 1 aromatic carbocycles. The molecule has 0 aliphatic carbocycles. The number of hydrogen-bond acceptors (Lipinski definition) is 4. The van der Waals surface area contributed by atoms with Crippen LogP contribution in [0.2, 0.25) is 0 Å². The van der Waals surface area contributed by atoms with Crippen molar-refractivity contribution in [3.63, 3.8) is 0 Å². The number of carboxylic acids is 1. The first kappa shape index (κ1) is 16.7. The first-order valence-corrected chi connectivity index (χ1v) is 8.26. The van der Waals surface area contributed by atoms with Crippen LogP contribution in [0.5, 0.6) is 0 Å². The van der Waals surface area contributed by atoms with E-state index in [0.717, 1.165) is 10.2 Å². The molecule has 7 nitrogen and oxygen atoms in total. The van der Waals surface area contributed by atoms with E-state index >= 15 is 0 Å². The van der Waals surface area contributed by atoms with Crippen LogP contribution in [0.4, 0.5) is 0 Å². The smallest absolute Gasteiger partial charge is 0.306 e. The van der Waals surface area contributed by atoms with Gasteiger partial charge in [0.25, 0.3) is 5.91 Å². The normalized spacial score (nSPS) is 17.7. The van der Waals surface area contributed by atoms with E-state index in [1.54, 1.807) is 21.8 Å². The van der Waals surface area contributed by atoms with Gasteiger partial charge in [-0.15, -0.1) is 0 Å². The summed E-state index contributed by atoms with van der Waals surface area (Å²) in [7, 11) is 0. The van der Waals surface area contributed by atoms with Gasteiger partial charge in [-0.05, 0) is 24.3 Å². The SMILES string of the molecule is O=C(O)C[C@H]1CN(C(=O)c2ccn(-c3cccc(Br)c3)n2)CCO1. The van der Waals surface area contributed by atoms with Crippen molar-refractivity contribution >= 4 is 27.8 Å². The molecule has 0 saturated carbocycles. The topological polar surface area (TPSA) is 84.7 Å². The third-order valence-electron chi connectivity index (χ3n) is 3.71. The standard InChI is InChI=1S/C16H16BrN3O4/c17-11-2-1-3-12(8-11)20-5-4-14(18-20)16(23)19-6-7-24-13(10-19)9-15(21)22/h1-5,8,13H,6-7,9-10H2,(H,21,22)/t13-/m0/s1. The molecule has 8 heteroatoms. The Bertz CT molecular complexity index is 761. The van der Waals surface area contributed by atoms with Crippen molar-refractivity contribution in [1.82, 2.24) is 14.7 Å². The van der Waals surface area contributed by atoms with Crippen LogP contribution in [0.3, 0.4) is 0 Å². The van der Waals surface area contributed by atoms with E-state index in [-0.39, 0.29) is 18.9 Å². The summed E-state index contributed by atoms with van der Waals surface area (Å²) in [6, 6.07) is 9.25. The maximum atomic E-state index is 12.6. The lowest BCUT2D eigenvalue weighted by Crippen LogP contribution is -2.46. The lowest BCUT2D eigenvalue weighted by molar-refractivity contribution is -0.141. The number of aliphatic carboxylic acids is 1. The summed E-state index contributed by atoms with van der Waals surface area (Å²) in [5.41, 5.74) is 1.17. The van der Waals surface area contributed by atoms with Gasteiger partial charge >= 0.3 is 5.97 Å². The van der Waals surface area contributed by atoms with Crippen molar-refractivity contribution in [2.45, 2.75) is 12.5 Å². The highest BCUT2D eigenvalue weighted by molar-refractivity contribution is 9.10. The van der Waals surface area contributed by atoms with Gasteiger partial charge in [0.2, 0.25) is 0 Å². The predicted octanol–water partition coefficient (Wildman–Crippen LogP) is 1.95. The molecule has 1 amide bonds. The highest BCUT2D eigenvalue weighted by Crippen LogP contribution is 2.16. The molecule has 1 N–H and O–H groups in total. The minimum Gasteiger partial charge on any atom is -0.481 e. The quantitative estimate of drug-likeness (QED) is 0.857. The molecule has 126 valence electrons. The van der Waals surface area contributed by atoms with Gasteiger partial charge in [-0.25, -0.2) is 4.68 Å². The average Bonchev–Trinajstić information content (AvgIpc) is 3.04. The first-order valence-electron chi connectivity index (χ1n) is 7.47. The number of hydrogen-bond donors (Lipinski definition) is 1. The Morgan fingerprint density at radius 2 is 2.21 bits per heavy atom. The molecule has 1 aliphatic rings. The van der Waals surface area contributed by atoms with E-state index in [2.05, 4.69) is 21.0 Å². The highest BCUT2D eigenvalue weighted by Gasteiger charge is 2.27. The number of ether oxygens (including phenoxy) is 1. The first-order chi connectivity index (χ1) is 11.5. The summed E-state index contributed by atoms with van der Waals surface area (Å²) in [5.74, 6) is -1.16. The van der Waals surface area contributed by atoms with Gasteiger partial charge in [0.05, 0.1) is 24.8 Å². The molecule has 0 radical (unpaired) electrons. The van der Waals surface area contributed by atoms with Gasteiger partial charge in [0.1, 0.15) is 0 Å². The summed E-state index contributed by atoms with van der Waals surface area (Å²) in [5, 5.41) is 13.2. The molecule has 3 rings (SSSR count). The van der Waals surface area contributed by atoms with Gasteiger partial charge in [-0.2, -0.15) is 5.10 Å². The van der Waals surface area contributed by atoms with Gasteiger partial charge < -0.3 is 14.7 Å². The zero-order chi connectivity index (χ0) is 17.1. The number of benzene rings is 1. The highest BCUT2D eigenvalue weighted by atomic mass is 79.9. The van der Waals surface area contributed by atoms with E-state index in [4.69, 9.17) is 9.84 Å². The van der Waals surface area contributed by atoms with Crippen molar-refractivity contribution in [1.29, 1.82) is 0 Å². The van der Waals surface area contributed by atoms with Crippen LogP contribution in [-0.2, 0) is 9.53 Å². The summed E-state index contributed by atoms with van der Waals surface area (Å²) in [6.07, 6.45) is 1.13. The van der Waals surface area contributed by atoms with Crippen molar-refractivity contribution in [2.24, 2.45) is 0 Å². The van der Waals surface area contributed by atoms with Gasteiger partial charge in [-0.1, -0.05) is 22.0 Å². The Morgan fingerprint density at radius 1 is 1.38 bits per heavy atom. The fourth-order valence-corrected chi connectivity index (χ4v) is 2.97. The second kappa shape index (κ2) is 7.14. The molecule has 1 aliphatic heterocycles. The Hall–Kier alpha value is -2.19. The van der Waals surface area contributed by atoms with Crippen LogP contribution >= 0.6 is 15.9 Å². The Morgan fingerprint density at radius 3 is 2.96 bits per heavy atom. The molecule has 1 aromatic heterocycles. The monoisotopic (exact) mass is 393 g/mol. The second-order valence-electron chi connectivity index (χ2n) is 5.47. The van der Waals surface area contributed by atoms with Crippen molar-refractivity contribution in [3.05, 3.63) is 46.7 Å². The predicted molar refractivity (Wildman–Crippen MR) is 89.2 cm³/mol. The van der Waals surface area contributed by atoms with E-state index in [0.29, 0.717) is 18.8 Å². The maximum Gasteiger partial charge on any atom is 0.306 e. The molecular weight excluding hydrogens is 378 g/mol. The second-order valence-corrected chi connectivity index (χ2v) is 6.38. The number of rotatable bonds is 4. The largest absolute Gasteiger partial charge is 0.481 e. The number of amides is 1. The Labute approximate surface area is 147 Å². The molecule has 0 spiro atoms. The van der Waals surface area contributed by atoms with Crippen LogP contribution in [-0.4, -0.2) is 57.5 Å². The average molecular weight is 394 g/mol. The van der Waals surface area contributed by atoms with Crippen LogP contribution in [0, 0.1) is 0 Å². The summed E-state index contributed by atoms with van der Waals surface area (Å²) >= 11 is 3.41. The molecular formula is C16H16BrN3O4. The van der Waals surface area contributed by atoms with E-state index in [1.165, 1.54) is 0 Å². The minimum absolute atomic E-state index is 0.115. The lowest BCUT2D eigenvalue weighted by atomic mass is 10.2. The van der Waals surface area contributed by atoms with Gasteiger partial charge in [0, 0.05) is 23.8 Å². The third-order valence-corrected chi connectivity index (χ3v) is 4.20. The van der Waals surface area contributed by atoms with Crippen molar-refractivity contribution < 1.29 is 19.4 Å². The maximum absolute atomic E-state index is 12.6. The molecule has 24 heavy (non-hydrogen) atoms. The van der Waals surface area contributed by atoms with Crippen LogP contribution in [0.15, 0.2) is 41.0 Å². The lowest BCUT2D eigenvalue weighted by Gasteiger charge is -2.31. The third kappa shape index (κ3) is 3.82. The van der Waals surface area contributed by atoms with Crippen LogP contribution < -0.4 is 0 Å². The molecule has 1 fully saturated rings. The molecule has 2 heterocycles. The fraction of sp³-hybridized carbons (Fsp3) is 0.312. The number of aromatic nitrogens is 2. The minimum atomic E-state index is -0.937. The molecule has 1 saturated heterocycles. The Balaban J connectivity index is 1.72. The number of carbonyl (C=O) groups excluding carboxylic acids is 1. The van der Waals surface area contributed by atoms with E-state index in [1.807, 2.05) is 24.3 Å². The van der Waals surface area contributed by atoms with Crippen molar-refractivity contribution in [2.75, 3.05) is 19.7 Å². The number of halogens is 1. The van der Waals surface area contributed by atoms with Crippen LogP contribution in [0.1, 0.15) is 16.9 Å². The molecule has 0 unspecified atom stereocenters. The fourth-order valence-electron chi connectivity index (χ4n) is 2.58. The van der Waals surface area contributed by atoms with Crippen LogP contribution in [0.25, 0.3) is 5.69 Å². The van der Waals surface area contributed by atoms with E-state index < -0.39 is 12.1 Å². The molecule has 2 aromatic rings. The zero-order valence-corrected chi connectivity index (χ0v) is 14.3. The molecule has 0 bridgehead atoms. The van der Waals surface area contributed by atoms with Gasteiger partial charge in [0.15, 0.2) is 5.69 Å². The summed E-state index contributed by atoms with van der Waals surface area (Å²) < 4.78 is 7.94. The molecule has 1 atom stereocenters. The number of nitrogens with zero attached hydrogens (tertiary/aromatic N) is 3. The summed E-state index contributed by atoms with van der Waals surface area (Å²) in [4.78, 5) is 25.0. The zero-order valence-electron chi connectivity index (χ0n) is 12.8.